The van der Waals surface area contributed by atoms with E-state index in [0.29, 0.717) is 19.1 Å². The molecule has 1 saturated heterocycles. The van der Waals surface area contributed by atoms with E-state index in [1.807, 2.05) is 6.92 Å². The highest BCUT2D eigenvalue weighted by atomic mass is 32.2. The Bertz CT molecular complexity index is 539. The van der Waals surface area contributed by atoms with Crippen molar-refractivity contribution in [3.63, 3.8) is 0 Å². The molecule has 0 spiro atoms. The number of thioether (sulfide) groups is 1. The molecular formula is C15H21N3O2S. The minimum Gasteiger partial charge on any atom is -0.463 e. The van der Waals surface area contributed by atoms with Crippen molar-refractivity contribution in [2.24, 2.45) is 15.9 Å². The molecule has 0 bridgehead atoms. The molecule has 0 amide bonds. The number of carbonyl (C=O) groups excluding carboxylic acids is 1. The number of aliphatic imine (C=N–C) groups is 2. The Morgan fingerprint density at radius 3 is 2.95 bits per heavy atom. The van der Waals surface area contributed by atoms with Crippen LogP contribution < -0.4 is 0 Å². The van der Waals surface area contributed by atoms with Gasteiger partial charge in [-0.3, -0.25) is 9.98 Å². The Labute approximate surface area is 129 Å². The van der Waals surface area contributed by atoms with Gasteiger partial charge < -0.3 is 9.64 Å². The molecule has 0 aromatic rings. The molecule has 0 aromatic carbocycles. The fraction of sp³-hybridized carbons (Fsp3) is 0.667. The molecule has 1 unspecified atom stereocenters. The lowest BCUT2D eigenvalue weighted by Crippen LogP contribution is -2.37. The molecule has 0 aliphatic carbocycles. The van der Waals surface area contributed by atoms with Crippen molar-refractivity contribution in [1.82, 2.24) is 4.90 Å². The van der Waals surface area contributed by atoms with E-state index in [-0.39, 0.29) is 5.97 Å². The minimum absolute atomic E-state index is 0.210. The number of esters is 1. The SMILES string of the molecule is CCOC(=O)C1=C2CC(CC)CN2C(C2=NCCS2)=NC1. The lowest BCUT2D eigenvalue weighted by atomic mass is 10.0. The van der Waals surface area contributed by atoms with E-state index in [4.69, 9.17) is 4.74 Å². The van der Waals surface area contributed by atoms with Gasteiger partial charge in [0.05, 0.1) is 18.7 Å². The average molecular weight is 307 g/mol. The van der Waals surface area contributed by atoms with E-state index >= 15 is 0 Å². The van der Waals surface area contributed by atoms with E-state index in [2.05, 4.69) is 21.8 Å². The fourth-order valence-electron chi connectivity index (χ4n) is 2.98. The molecule has 3 rings (SSSR count). The van der Waals surface area contributed by atoms with Crippen molar-refractivity contribution < 1.29 is 9.53 Å². The van der Waals surface area contributed by atoms with Gasteiger partial charge in [-0.05, 0) is 19.3 Å². The van der Waals surface area contributed by atoms with Gasteiger partial charge in [-0.15, -0.1) is 11.8 Å². The van der Waals surface area contributed by atoms with Gasteiger partial charge in [0, 0.05) is 24.5 Å². The van der Waals surface area contributed by atoms with Crippen molar-refractivity contribution >= 4 is 28.6 Å². The summed E-state index contributed by atoms with van der Waals surface area (Å²) in [5.41, 5.74) is 1.85. The fourth-order valence-corrected chi connectivity index (χ4v) is 3.84. The molecular weight excluding hydrogens is 286 g/mol. The summed E-state index contributed by atoms with van der Waals surface area (Å²) < 4.78 is 5.19. The van der Waals surface area contributed by atoms with Gasteiger partial charge in [0.2, 0.25) is 0 Å². The number of fused-ring (bicyclic) bond motifs is 1. The van der Waals surface area contributed by atoms with Gasteiger partial charge in [0.15, 0.2) is 5.84 Å². The molecule has 0 radical (unpaired) electrons. The third kappa shape index (κ3) is 2.73. The number of amidine groups is 1. The zero-order valence-electron chi connectivity index (χ0n) is 12.6. The zero-order chi connectivity index (χ0) is 14.8. The number of hydrogen-bond donors (Lipinski definition) is 0. The summed E-state index contributed by atoms with van der Waals surface area (Å²) in [4.78, 5) is 23.5. The first kappa shape index (κ1) is 14.6. The molecule has 3 aliphatic rings. The summed E-state index contributed by atoms with van der Waals surface area (Å²) in [5, 5.41) is 1.03. The number of carbonyl (C=O) groups is 1. The predicted octanol–water partition coefficient (Wildman–Crippen LogP) is 2.09. The molecule has 5 nitrogen and oxygen atoms in total. The molecule has 1 fully saturated rings. The highest BCUT2D eigenvalue weighted by Crippen LogP contribution is 2.35. The standard InChI is InChI=1S/C15H21N3O2S/c1-3-10-7-12-11(15(19)20-4-2)8-17-13(18(12)9-10)14-16-5-6-21-14/h10H,3-9H2,1-2H3. The van der Waals surface area contributed by atoms with Gasteiger partial charge >= 0.3 is 5.97 Å². The first-order valence-electron chi connectivity index (χ1n) is 7.63. The second-order valence-corrected chi connectivity index (χ2v) is 6.49. The number of ether oxygens (including phenoxy) is 1. The Balaban J connectivity index is 1.90. The monoisotopic (exact) mass is 307 g/mol. The van der Waals surface area contributed by atoms with Crippen molar-refractivity contribution in [1.29, 1.82) is 0 Å². The summed E-state index contributed by atoms with van der Waals surface area (Å²) in [7, 11) is 0. The molecule has 6 heteroatoms. The van der Waals surface area contributed by atoms with Gasteiger partial charge in [0.1, 0.15) is 5.04 Å². The lowest BCUT2D eigenvalue weighted by Gasteiger charge is -2.27. The average Bonchev–Trinajstić information content (AvgIpc) is 3.15. The minimum atomic E-state index is -0.210. The molecule has 3 heterocycles. The van der Waals surface area contributed by atoms with Crippen LogP contribution in [0.1, 0.15) is 26.7 Å². The van der Waals surface area contributed by atoms with Crippen molar-refractivity contribution in [2.75, 3.05) is 32.0 Å². The van der Waals surface area contributed by atoms with Gasteiger partial charge in [0.25, 0.3) is 0 Å². The third-order valence-corrected chi connectivity index (χ3v) is 5.09. The normalized spacial score (nSPS) is 24.9. The smallest absolute Gasteiger partial charge is 0.337 e. The van der Waals surface area contributed by atoms with Crippen LogP contribution in [0.15, 0.2) is 21.3 Å². The van der Waals surface area contributed by atoms with Crippen molar-refractivity contribution in [2.45, 2.75) is 26.7 Å². The molecule has 0 saturated carbocycles. The van der Waals surface area contributed by atoms with Crippen LogP contribution in [0.2, 0.25) is 0 Å². The van der Waals surface area contributed by atoms with Crippen molar-refractivity contribution in [3.05, 3.63) is 11.3 Å². The maximum atomic E-state index is 12.2. The Morgan fingerprint density at radius 1 is 1.43 bits per heavy atom. The lowest BCUT2D eigenvalue weighted by molar-refractivity contribution is -0.138. The third-order valence-electron chi connectivity index (χ3n) is 4.12. The largest absolute Gasteiger partial charge is 0.463 e. The van der Waals surface area contributed by atoms with Crippen LogP contribution >= 0.6 is 11.8 Å². The van der Waals surface area contributed by atoms with E-state index in [9.17, 15) is 4.79 Å². The Morgan fingerprint density at radius 2 is 2.29 bits per heavy atom. The molecule has 3 aliphatic heterocycles. The van der Waals surface area contributed by atoms with E-state index in [1.54, 1.807) is 11.8 Å². The Kier molecular flexibility index (Phi) is 4.33. The van der Waals surface area contributed by atoms with Crippen LogP contribution in [-0.2, 0) is 9.53 Å². The number of nitrogens with zero attached hydrogens (tertiary/aromatic N) is 3. The topological polar surface area (TPSA) is 54.3 Å². The highest BCUT2D eigenvalue weighted by molar-refractivity contribution is 8.16. The van der Waals surface area contributed by atoms with Crippen molar-refractivity contribution in [3.8, 4) is 0 Å². The summed E-state index contributed by atoms with van der Waals surface area (Å²) in [6.45, 7) is 6.68. The molecule has 114 valence electrons. The van der Waals surface area contributed by atoms with E-state index < -0.39 is 0 Å². The second kappa shape index (κ2) is 6.22. The second-order valence-electron chi connectivity index (χ2n) is 5.41. The maximum Gasteiger partial charge on any atom is 0.337 e. The van der Waals surface area contributed by atoms with Crippen LogP contribution in [0.3, 0.4) is 0 Å². The van der Waals surface area contributed by atoms with E-state index in [0.717, 1.165) is 53.8 Å². The molecule has 0 aromatic heterocycles. The summed E-state index contributed by atoms with van der Waals surface area (Å²) in [6.07, 6.45) is 2.06. The van der Waals surface area contributed by atoms with Gasteiger partial charge in [-0.2, -0.15) is 0 Å². The van der Waals surface area contributed by atoms with Crippen LogP contribution in [-0.4, -0.2) is 53.7 Å². The maximum absolute atomic E-state index is 12.2. The van der Waals surface area contributed by atoms with Crippen LogP contribution in [0.25, 0.3) is 0 Å². The quantitative estimate of drug-likeness (QED) is 0.746. The number of hydrogen-bond acceptors (Lipinski definition) is 6. The molecule has 0 N–H and O–H groups in total. The van der Waals surface area contributed by atoms with Crippen LogP contribution in [0.4, 0.5) is 0 Å². The van der Waals surface area contributed by atoms with Crippen LogP contribution in [0, 0.1) is 5.92 Å². The number of allylic oxidation sites excluding steroid dienone is 1. The van der Waals surface area contributed by atoms with Crippen LogP contribution in [0.5, 0.6) is 0 Å². The molecule has 1 atom stereocenters. The number of rotatable bonds is 4. The Hall–Kier alpha value is -1.30. The van der Waals surface area contributed by atoms with Gasteiger partial charge in [-0.25, -0.2) is 4.79 Å². The molecule has 21 heavy (non-hydrogen) atoms. The highest BCUT2D eigenvalue weighted by Gasteiger charge is 2.37. The summed E-state index contributed by atoms with van der Waals surface area (Å²) in [5.74, 6) is 2.37. The predicted molar refractivity (Wildman–Crippen MR) is 85.8 cm³/mol. The van der Waals surface area contributed by atoms with Gasteiger partial charge in [-0.1, -0.05) is 13.3 Å². The summed E-state index contributed by atoms with van der Waals surface area (Å²) in [6, 6.07) is 0. The summed E-state index contributed by atoms with van der Waals surface area (Å²) >= 11 is 1.77. The first-order valence-corrected chi connectivity index (χ1v) is 8.61. The first-order chi connectivity index (χ1) is 10.2. The van der Waals surface area contributed by atoms with E-state index in [1.165, 1.54) is 0 Å². The zero-order valence-corrected chi connectivity index (χ0v) is 13.4.